The highest BCUT2D eigenvalue weighted by atomic mass is 16.5. The molecule has 0 aliphatic carbocycles. The van der Waals surface area contributed by atoms with E-state index in [0.717, 1.165) is 31.5 Å². The van der Waals surface area contributed by atoms with E-state index in [1.54, 1.807) is 14.2 Å². The Morgan fingerprint density at radius 2 is 2.04 bits per heavy atom. The number of nitrogens with zero attached hydrogens (tertiary/aromatic N) is 1. The van der Waals surface area contributed by atoms with Crippen LogP contribution >= 0.6 is 0 Å². The highest BCUT2D eigenvalue weighted by molar-refractivity contribution is 5.81. The third-order valence-corrected chi connectivity index (χ3v) is 5.51. The number of aliphatic carboxylic acids is 1. The number of rotatable bonds is 9. The van der Waals surface area contributed by atoms with Crippen LogP contribution in [-0.2, 0) is 9.59 Å². The number of carboxylic acids is 1. The lowest BCUT2D eigenvalue weighted by Gasteiger charge is -2.36. The van der Waals surface area contributed by atoms with Gasteiger partial charge in [-0.3, -0.25) is 14.5 Å². The Morgan fingerprint density at radius 1 is 1.29 bits per heavy atom. The summed E-state index contributed by atoms with van der Waals surface area (Å²) < 4.78 is 10.7. The molecule has 3 atom stereocenters. The highest BCUT2D eigenvalue weighted by Gasteiger charge is 2.28. The fourth-order valence-electron chi connectivity index (χ4n) is 3.77. The predicted molar refractivity (Wildman–Crippen MR) is 107 cm³/mol. The van der Waals surface area contributed by atoms with Crippen molar-refractivity contribution < 1.29 is 24.2 Å². The second-order valence-electron chi connectivity index (χ2n) is 7.45. The third-order valence-electron chi connectivity index (χ3n) is 5.51. The smallest absolute Gasteiger partial charge is 0.303 e. The first-order valence-electron chi connectivity index (χ1n) is 9.83. The third kappa shape index (κ3) is 5.86. The van der Waals surface area contributed by atoms with Gasteiger partial charge in [0, 0.05) is 18.5 Å². The fraction of sp³-hybridized carbons (Fsp3) is 0.619. The standard InChI is InChI=1S/C21H32N2O5/c1-14(18-12-17(27-3)8-9-19(18)28-4)22-21(26)15(2)23-11-5-6-16(13-23)7-10-20(24)25/h8-9,12,14-16H,5-7,10-11,13H2,1-4H3,(H,22,26)(H,24,25). The number of piperidine rings is 1. The van der Waals surface area contributed by atoms with Gasteiger partial charge in [0.25, 0.3) is 0 Å². The summed E-state index contributed by atoms with van der Waals surface area (Å²) in [5, 5.41) is 12.0. The van der Waals surface area contributed by atoms with Crippen molar-refractivity contribution in [1.82, 2.24) is 10.2 Å². The van der Waals surface area contributed by atoms with Crippen LogP contribution in [0.3, 0.4) is 0 Å². The van der Waals surface area contributed by atoms with E-state index in [0.29, 0.717) is 23.8 Å². The minimum absolute atomic E-state index is 0.0451. The molecule has 156 valence electrons. The van der Waals surface area contributed by atoms with Gasteiger partial charge in [0.1, 0.15) is 11.5 Å². The number of nitrogens with one attached hydrogen (secondary N) is 1. The Hall–Kier alpha value is -2.28. The normalized spacial score (nSPS) is 19.5. The largest absolute Gasteiger partial charge is 0.497 e. The molecule has 1 aliphatic rings. The second kappa shape index (κ2) is 10.3. The van der Waals surface area contributed by atoms with Crippen LogP contribution in [0.4, 0.5) is 0 Å². The molecule has 28 heavy (non-hydrogen) atoms. The van der Waals surface area contributed by atoms with E-state index in [9.17, 15) is 9.59 Å². The first kappa shape index (κ1) is 22.0. The molecule has 1 fully saturated rings. The summed E-state index contributed by atoms with van der Waals surface area (Å²) in [5.41, 5.74) is 0.861. The van der Waals surface area contributed by atoms with Gasteiger partial charge in [-0.2, -0.15) is 0 Å². The van der Waals surface area contributed by atoms with Gasteiger partial charge >= 0.3 is 5.97 Å². The van der Waals surface area contributed by atoms with Crippen LogP contribution in [0.25, 0.3) is 0 Å². The molecule has 0 bridgehead atoms. The summed E-state index contributed by atoms with van der Waals surface area (Å²) in [6, 6.07) is 5.03. The summed E-state index contributed by atoms with van der Waals surface area (Å²) in [7, 11) is 3.21. The van der Waals surface area contributed by atoms with E-state index < -0.39 is 5.97 Å². The average molecular weight is 392 g/mol. The Bertz CT molecular complexity index is 679. The summed E-state index contributed by atoms with van der Waals surface area (Å²) >= 11 is 0. The van der Waals surface area contributed by atoms with Gasteiger partial charge in [0.05, 0.1) is 26.3 Å². The van der Waals surface area contributed by atoms with Crippen LogP contribution in [0.5, 0.6) is 11.5 Å². The maximum absolute atomic E-state index is 12.8. The lowest BCUT2D eigenvalue weighted by molar-refractivity contribution is -0.137. The molecule has 7 heteroatoms. The van der Waals surface area contributed by atoms with E-state index in [4.69, 9.17) is 14.6 Å². The molecule has 1 saturated heterocycles. The molecule has 1 aromatic rings. The van der Waals surface area contributed by atoms with Crippen LogP contribution in [0.1, 0.15) is 51.1 Å². The van der Waals surface area contributed by atoms with Gasteiger partial charge in [0.15, 0.2) is 0 Å². The molecule has 2 rings (SSSR count). The molecule has 0 saturated carbocycles. The highest BCUT2D eigenvalue weighted by Crippen LogP contribution is 2.29. The van der Waals surface area contributed by atoms with Crippen molar-refractivity contribution in [3.8, 4) is 11.5 Å². The molecule has 1 aliphatic heterocycles. The maximum atomic E-state index is 12.8. The minimum atomic E-state index is -0.760. The van der Waals surface area contributed by atoms with Crippen LogP contribution in [0, 0.1) is 5.92 Å². The molecule has 0 aromatic heterocycles. The predicted octanol–water partition coefficient (Wildman–Crippen LogP) is 2.85. The quantitative estimate of drug-likeness (QED) is 0.672. The average Bonchev–Trinajstić information content (AvgIpc) is 2.71. The second-order valence-corrected chi connectivity index (χ2v) is 7.45. The number of hydrogen-bond donors (Lipinski definition) is 2. The number of benzene rings is 1. The molecule has 7 nitrogen and oxygen atoms in total. The number of carbonyl (C=O) groups excluding carboxylic acids is 1. The van der Waals surface area contributed by atoms with E-state index in [-0.39, 0.29) is 24.4 Å². The van der Waals surface area contributed by atoms with Crippen molar-refractivity contribution in [1.29, 1.82) is 0 Å². The molecular weight excluding hydrogens is 360 g/mol. The van der Waals surface area contributed by atoms with E-state index in [1.165, 1.54) is 0 Å². The van der Waals surface area contributed by atoms with Crippen molar-refractivity contribution >= 4 is 11.9 Å². The number of carboxylic acid groups (broad SMARTS) is 1. The zero-order chi connectivity index (χ0) is 20.7. The van der Waals surface area contributed by atoms with Gasteiger partial charge in [-0.25, -0.2) is 0 Å². The fourth-order valence-corrected chi connectivity index (χ4v) is 3.77. The number of methoxy groups -OCH3 is 2. The topological polar surface area (TPSA) is 88.1 Å². The SMILES string of the molecule is COc1ccc(OC)c(C(C)NC(=O)C(C)N2CCCC(CCC(=O)O)C2)c1. The Kier molecular flexibility index (Phi) is 8.11. The van der Waals surface area contributed by atoms with Crippen molar-refractivity contribution in [2.75, 3.05) is 27.3 Å². The summed E-state index contributed by atoms with van der Waals surface area (Å²) in [6.07, 6.45) is 2.86. The molecule has 1 aromatic carbocycles. The van der Waals surface area contributed by atoms with Gasteiger partial charge in [0.2, 0.25) is 5.91 Å². The Morgan fingerprint density at radius 3 is 2.68 bits per heavy atom. The lowest BCUT2D eigenvalue weighted by atomic mass is 9.92. The van der Waals surface area contributed by atoms with E-state index >= 15 is 0 Å². The number of likely N-dealkylation sites (tertiary alicyclic amines) is 1. The molecule has 0 spiro atoms. The lowest BCUT2D eigenvalue weighted by Crippen LogP contribution is -2.49. The number of amides is 1. The van der Waals surface area contributed by atoms with E-state index in [2.05, 4.69) is 10.2 Å². The molecule has 0 radical (unpaired) electrons. The van der Waals surface area contributed by atoms with Crippen molar-refractivity contribution in [2.24, 2.45) is 5.92 Å². The zero-order valence-electron chi connectivity index (χ0n) is 17.2. The van der Waals surface area contributed by atoms with Gasteiger partial charge in [-0.15, -0.1) is 0 Å². The van der Waals surface area contributed by atoms with Crippen molar-refractivity contribution in [2.45, 2.75) is 51.6 Å². The summed E-state index contributed by atoms with van der Waals surface area (Å²) in [4.78, 5) is 25.8. The van der Waals surface area contributed by atoms with Gasteiger partial charge < -0.3 is 19.9 Å². The van der Waals surface area contributed by atoms with Gasteiger partial charge in [-0.05, 0) is 63.8 Å². The van der Waals surface area contributed by atoms with Crippen LogP contribution < -0.4 is 14.8 Å². The van der Waals surface area contributed by atoms with Crippen LogP contribution in [-0.4, -0.2) is 55.2 Å². The van der Waals surface area contributed by atoms with Crippen molar-refractivity contribution in [3.05, 3.63) is 23.8 Å². The minimum Gasteiger partial charge on any atom is -0.497 e. The molecule has 3 unspecified atom stereocenters. The first-order valence-corrected chi connectivity index (χ1v) is 9.83. The van der Waals surface area contributed by atoms with Crippen LogP contribution in [0.2, 0.25) is 0 Å². The summed E-state index contributed by atoms with van der Waals surface area (Å²) in [5.74, 6) is 0.937. The van der Waals surface area contributed by atoms with Gasteiger partial charge in [-0.1, -0.05) is 0 Å². The molecule has 2 N–H and O–H groups in total. The monoisotopic (exact) mass is 392 g/mol. The van der Waals surface area contributed by atoms with E-state index in [1.807, 2.05) is 32.0 Å². The Labute approximate surface area is 167 Å². The Balaban J connectivity index is 1.98. The maximum Gasteiger partial charge on any atom is 0.303 e. The molecular formula is C21H32N2O5. The number of carbonyl (C=O) groups is 2. The zero-order valence-corrected chi connectivity index (χ0v) is 17.2. The number of ether oxygens (including phenoxy) is 2. The number of hydrogen-bond acceptors (Lipinski definition) is 5. The molecule has 1 amide bonds. The first-order chi connectivity index (χ1) is 13.3. The van der Waals surface area contributed by atoms with Crippen molar-refractivity contribution in [3.63, 3.8) is 0 Å². The van der Waals surface area contributed by atoms with Crippen LogP contribution in [0.15, 0.2) is 18.2 Å². The molecule has 1 heterocycles. The summed E-state index contributed by atoms with van der Waals surface area (Å²) in [6.45, 7) is 5.45.